The predicted molar refractivity (Wildman–Crippen MR) is 52.7 cm³/mol. The van der Waals surface area contributed by atoms with Gasteiger partial charge in [0.05, 0.1) is 6.61 Å². The monoisotopic (exact) mass is 207 g/mol. The van der Waals surface area contributed by atoms with Crippen molar-refractivity contribution in [3.63, 3.8) is 0 Å². The first-order valence-electron chi connectivity index (χ1n) is 4.05. The molecule has 13 heavy (non-hydrogen) atoms. The maximum absolute atomic E-state index is 11.1. The Morgan fingerprint density at radius 3 is 2.46 bits per heavy atom. The third kappa shape index (κ3) is 4.40. The average molecular weight is 207 g/mol. The Hall–Kier alpha value is -0.390. The second kappa shape index (κ2) is 5.36. The van der Waals surface area contributed by atoms with Crippen molar-refractivity contribution in [3.8, 4) is 0 Å². The molecule has 0 saturated heterocycles. The summed E-state index contributed by atoms with van der Waals surface area (Å²) in [6.45, 7) is 5.50. The van der Waals surface area contributed by atoms with Crippen molar-refractivity contribution in [2.75, 3.05) is 13.7 Å². The van der Waals surface area contributed by atoms with Crippen molar-refractivity contribution in [1.29, 1.82) is 0 Å². The van der Waals surface area contributed by atoms with E-state index in [9.17, 15) is 8.42 Å². The molecule has 0 aliphatic rings. The van der Waals surface area contributed by atoms with Crippen LogP contribution in [-0.4, -0.2) is 27.4 Å². The fraction of sp³-hybridized carbons (Fsp3) is 0.750. The third-order valence-corrected chi connectivity index (χ3v) is 3.37. The summed E-state index contributed by atoms with van der Waals surface area (Å²) in [6, 6.07) is 0. The number of methoxy groups -OCH3 is 1. The van der Waals surface area contributed by atoms with Crippen LogP contribution in [0, 0.1) is 5.92 Å². The molecule has 0 amide bonds. The van der Waals surface area contributed by atoms with Gasteiger partial charge in [-0.15, -0.1) is 6.58 Å². The van der Waals surface area contributed by atoms with Crippen LogP contribution in [0.15, 0.2) is 12.7 Å². The van der Waals surface area contributed by atoms with Crippen molar-refractivity contribution in [3.05, 3.63) is 12.7 Å². The van der Waals surface area contributed by atoms with Crippen molar-refractivity contribution in [2.45, 2.75) is 18.6 Å². The molecular weight excluding hydrogens is 190 g/mol. The topological polar surface area (TPSA) is 69.4 Å². The lowest BCUT2D eigenvalue weighted by Gasteiger charge is -2.19. The highest BCUT2D eigenvalue weighted by atomic mass is 32.2. The normalized spacial score (nSPS) is 16.5. The van der Waals surface area contributed by atoms with Crippen molar-refractivity contribution in [2.24, 2.45) is 11.1 Å². The molecule has 0 unspecified atom stereocenters. The molecule has 0 saturated carbocycles. The van der Waals surface area contributed by atoms with Crippen molar-refractivity contribution in [1.82, 2.24) is 0 Å². The molecule has 2 atom stereocenters. The molecule has 0 rings (SSSR count). The van der Waals surface area contributed by atoms with Crippen LogP contribution in [0.2, 0.25) is 0 Å². The molecule has 0 fully saturated rings. The predicted octanol–water partition coefficient (Wildman–Crippen LogP) is 0.502. The molecule has 0 heterocycles. The maximum atomic E-state index is 11.1. The summed E-state index contributed by atoms with van der Waals surface area (Å²) >= 11 is 0. The van der Waals surface area contributed by atoms with Gasteiger partial charge < -0.3 is 4.74 Å². The molecule has 0 aromatic rings. The first-order chi connectivity index (χ1) is 5.93. The smallest absolute Gasteiger partial charge is 0.214 e. The van der Waals surface area contributed by atoms with E-state index in [0.717, 1.165) is 0 Å². The number of hydrogen-bond acceptors (Lipinski definition) is 3. The lowest BCUT2D eigenvalue weighted by Crippen LogP contribution is -2.37. The number of hydrogen-bond donors (Lipinski definition) is 1. The van der Waals surface area contributed by atoms with Crippen LogP contribution in [0.1, 0.15) is 13.3 Å². The Morgan fingerprint density at radius 1 is 1.62 bits per heavy atom. The highest BCUT2D eigenvalue weighted by Crippen LogP contribution is 2.14. The summed E-state index contributed by atoms with van der Waals surface area (Å²) in [7, 11) is -2.06. The van der Waals surface area contributed by atoms with Gasteiger partial charge in [0, 0.05) is 7.11 Å². The molecule has 4 nitrogen and oxygen atoms in total. The fourth-order valence-electron chi connectivity index (χ4n) is 1.16. The van der Waals surface area contributed by atoms with Gasteiger partial charge in [-0.1, -0.05) is 13.0 Å². The van der Waals surface area contributed by atoms with Gasteiger partial charge in [-0.2, -0.15) is 0 Å². The zero-order chi connectivity index (χ0) is 10.5. The summed E-state index contributed by atoms with van der Waals surface area (Å²) in [4.78, 5) is 0. The molecule has 2 N–H and O–H groups in total. The van der Waals surface area contributed by atoms with E-state index in [4.69, 9.17) is 9.88 Å². The number of ether oxygens (including phenoxy) is 1. The molecule has 5 heteroatoms. The van der Waals surface area contributed by atoms with Gasteiger partial charge in [0.2, 0.25) is 10.0 Å². The zero-order valence-electron chi connectivity index (χ0n) is 8.06. The summed E-state index contributed by atoms with van der Waals surface area (Å²) in [5.41, 5.74) is 0. The lowest BCUT2D eigenvalue weighted by molar-refractivity contribution is 0.182. The number of sulfonamides is 1. The SMILES string of the molecule is C=CC[C@H](C)[C@@H](COC)S(N)(=O)=O. The van der Waals surface area contributed by atoms with E-state index < -0.39 is 15.3 Å². The van der Waals surface area contributed by atoms with Gasteiger partial charge in [0.15, 0.2) is 0 Å². The van der Waals surface area contributed by atoms with E-state index in [-0.39, 0.29) is 12.5 Å². The highest BCUT2D eigenvalue weighted by Gasteiger charge is 2.26. The molecule has 0 aliphatic carbocycles. The van der Waals surface area contributed by atoms with Crippen LogP contribution < -0.4 is 5.14 Å². The first kappa shape index (κ1) is 12.6. The zero-order valence-corrected chi connectivity index (χ0v) is 8.88. The van der Waals surface area contributed by atoms with Crippen molar-refractivity contribution >= 4 is 10.0 Å². The third-order valence-electron chi connectivity index (χ3n) is 1.93. The molecule has 0 aromatic heterocycles. The fourth-order valence-corrected chi connectivity index (χ4v) is 2.25. The second-order valence-corrected chi connectivity index (χ2v) is 4.87. The van der Waals surface area contributed by atoms with Crippen molar-refractivity contribution < 1.29 is 13.2 Å². The quantitative estimate of drug-likeness (QED) is 0.645. The maximum Gasteiger partial charge on any atom is 0.214 e. The number of primary sulfonamides is 1. The molecule has 0 aliphatic heterocycles. The summed E-state index contributed by atoms with van der Waals surface area (Å²) in [5, 5.41) is 4.41. The van der Waals surface area contributed by atoms with Gasteiger partial charge in [-0.3, -0.25) is 0 Å². The number of nitrogens with two attached hydrogens (primary N) is 1. The molecule has 0 aromatic carbocycles. The lowest BCUT2D eigenvalue weighted by atomic mass is 10.0. The van der Waals surface area contributed by atoms with Crippen LogP contribution >= 0.6 is 0 Å². The van der Waals surface area contributed by atoms with Crippen LogP contribution in [0.4, 0.5) is 0 Å². The standard InChI is InChI=1S/C8H17NO3S/c1-4-5-7(2)8(6-12-3)13(9,10)11/h4,7-8H,1,5-6H2,2-3H3,(H2,9,10,11)/t7-,8+/m0/s1. The minimum Gasteiger partial charge on any atom is -0.383 e. The molecule has 0 radical (unpaired) electrons. The highest BCUT2D eigenvalue weighted by molar-refractivity contribution is 7.89. The Bertz CT molecular complexity index is 248. The summed E-state index contributed by atoms with van der Waals surface area (Å²) in [6.07, 6.45) is 2.29. The summed E-state index contributed by atoms with van der Waals surface area (Å²) in [5.74, 6) is -0.0625. The minimum absolute atomic E-state index is 0.0625. The first-order valence-corrected chi connectivity index (χ1v) is 5.65. The van der Waals surface area contributed by atoms with E-state index in [0.29, 0.717) is 6.42 Å². The average Bonchev–Trinajstić information content (AvgIpc) is 1.98. The van der Waals surface area contributed by atoms with E-state index in [1.165, 1.54) is 7.11 Å². The van der Waals surface area contributed by atoms with Gasteiger partial charge in [0.1, 0.15) is 5.25 Å². The van der Waals surface area contributed by atoms with E-state index in [1.54, 1.807) is 6.08 Å². The van der Waals surface area contributed by atoms with Gasteiger partial charge in [-0.25, -0.2) is 13.6 Å². The Morgan fingerprint density at radius 2 is 2.15 bits per heavy atom. The number of rotatable bonds is 6. The minimum atomic E-state index is -3.52. The molecule has 0 bridgehead atoms. The molecule has 78 valence electrons. The summed E-state index contributed by atoms with van der Waals surface area (Å²) < 4.78 is 27.0. The van der Waals surface area contributed by atoms with E-state index in [1.807, 2.05) is 6.92 Å². The second-order valence-electron chi connectivity index (χ2n) is 3.08. The number of allylic oxidation sites excluding steroid dienone is 1. The Kier molecular flexibility index (Phi) is 5.20. The van der Waals surface area contributed by atoms with Crippen LogP contribution in [-0.2, 0) is 14.8 Å². The molecular formula is C8H17NO3S. The van der Waals surface area contributed by atoms with Gasteiger partial charge in [-0.05, 0) is 12.3 Å². The Labute approximate surface area is 79.8 Å². The molecule has 0 spiro atoms. The van der Waals surface area contributed by atoms with Crippen LogP contribution in [0.3, 0.4) is 0 Å². The van der Waals surface area contributed by atoms with E-state index >= 15 is 0 Å². The van der Waals surface area contributed by atoms with Crippen LogP contribution in [0.25, 0.3) is 0 Å². The van der Waals surface area contributed by atoms with Crippen LogP contribution in [0.5, 0.6) is 0 Å². The largest absolute Gasteiger partial charge is 0.383 e. The Balaban J connectivity index is 4.50. The van der Waals surface area contributed by atoms with E-state index in [2.05, 4.69) is 6.58 Å². The van der Waals surface area contributed by atoms with Gasteiger partial charge >= 0.3 is 0 Å². The van der Waals surface area contributed by atoms with Gasteiger partial charge in [0.25, 0.3) is 0 Å².